The Kier molecular flexibility index (Phi) is 3.94. The zero-order chi connectivity index (χ0) is 14.9. The molecule has 1 fully saturated rings. The number of likely N-dealkylation sites (tertiary alicyclic amines) is 1. The summed E-state index contributed by atoms with van der Waals surface area (Å²) in [7, 11) is 3.73. The molecule has 1 aromatic rings. The molecule has 2 N–H and O–H groups in total. The maximum Gasteiger partial charge on any atom is 0.326 e. The third-order valence-corrected chi connectivity index (χ3v) is 3.43. The van der Waals surface area contributed by atoms with E-state index in [0.29, 0.717) is 5.56 Å². The number of benzene rings is 1. The van der Waals surface area contributed by atoms with Gasteiger partial charge in [-0.1, -0.05) is 6.07 Å². The number of carboxylic acids is 1. The Hall–Kier alpha value is -2.08. The molecule has 0 aromatic heterocycles. The molecule has 20 heavy (non-hydrogen) atoms. The molecule has 2 atom stereocenters. The highest BCUT2D eigenvalue weighted by Gasteiger charge is 2.39. The average molecular weight is 278 g/mol. The van der Waals surface area contributed by atoms with Crippen molar-refractivity contribution in [2.45, 2.75) is 18.6 Å². The van der Waals surface area contributed by atoms with Crippen LogP contribution in [-0.4, -0.2) is 59.8 Å². The largest absolute Gasteiger partial charge is 0.480 e. The van der Waals surface area contributed by atoms with E-state index < -0.39 is 18.1 Å². The highest BCUT2D eigenvalue weighted by atomic mass is 16.4. The summed E-state index contributed by atoms with van der Waals surface area (Å²) < 4.78 is 0. The Morgan fingerprint density at radius 1 is 1.35 bits per heavy atom. The first-order chi connectivity index (χ1) is 9.40. The van der Waals surface area contributed by atoms with Crippen LogP contribution in [-0.2, 0) is 4.79 Å². The monoisotopic (exact) mass is 278 g/mol. The standard InChI is InChI=1S/C14H18N2O4/c1-15(2)10-5-3-4-9(6-10)13(18)16-8-11(17)7-12(16)14(19)20/h3-6,11-12,17H,7-8H2,1-2H3,(H,19,20)/t11-,12-/m1/s1. The number of carbonyl (C=O) groups is 2. The van der Waals surface area contributed by atoms with Gasteiger partial charge < -0.3 is 20.0 Å². The van der Waals surface area contributed by atoms with Gasteiger partial charge >= 0.3 is 5.97 Å². The number of nitrogens with zero attached hydrogens (tertiary/aromatic N) is 2. The summed E-state index contributed by atoms with van der Waals surface area (Å²) in [5, 5.41) is 18.7. The van der Waals surface area contributed by atoms with Crippen LogP contribution < -0.4 is 4.90 Å². The number of carboxylic acid groups (broad SMARTS) is 1. The van der Waals surface area contributed by atoms with E-state index in [1.54, 1.807) is 18.2 Å². The first-order valence-electron chi connectivity index (χ1n) is 6.39. The molecule has 1 aliphatic heterocycles. The Morgan fingerprint density at radius 2 is 2.05 bits per heavy atom. The minimum absolute atomic E-state index is 0.0575. The number of amides is 1. The maximum absolute atomic E-state index is 12.4. The Balaban J connectivity index is 2.26. The van der Waals surface area contributed by atoms with Gasteiger partial charge in [0, 0.05) is 38.3 Å². The highest BCUT2D eigenvalue weighted by molar-refractivity contribution is 5.97. The molecule has 1 saturated heterocycles. The quantitative estimate of drug-likeness (QED) is 0.837. The molecule has 2 rings (SSSR count). The first-order valence-corrected chi connectivity index (χ1v) is 6.39. The second-order valence-electron chi connectivity index (χ2n) is 5.15. The molecule has 0 aliphatic carbocycles. The lowest BCUT2D eigenvalue weighted by Gasteiger charge is -2.22. The van der Waals surface area contributed by atoms with Crippen LogP contribution in [0.3, 0.4) is 0 Å². The van der Waals surface area contributed by atoms with Crippen LogP contribution in [0.4, 0.5) is 5.69 Å². The fourth-order valence-corrected chi connectivity index (χ4v) is 2.36. The summed E-state index contributed by atoms with van der Waals surface area (Å²) in [5.74, 6) is -1.45. The highest BCUT2D eigenvalue weighted by Crippen LogP contribution is 2.22. The predicted octanol–water partition coefficient (Wildman–Crippen LogP) is 0.413. The van der Waals surface area contributed by atoms with E-state index in [-0.39, 0.29) is 18.9 Å². The molecule has 1 amide bonds. The van der Waals surface area contributed by atoms with Gasteiger partial charge in [-0.05, 0) is 18.2 Å². The fraction of sp³-hybridized carbons (Fsp3) is 0.429. The fourth-order valence-electron chi connectivity index (χ4n) is 2.36. The van der Waals surface area contributed by atoms with Crippen molar-refractivity contribution >= 4 is 17.6 Å². The molecular formula is C14H18N2O4. The van der Waals surface area contributed by atoms with E-state index in [4.69, 9.17) is 5.11 Å². The van der Waals surface area contributed by atoms with E-state index in [1.807, 2.05) is 25.1 Å². The van der Waals surface area contributed by atoms with E-state index in [2.05, 4.69) is 0 Å². The zero-order valence-corrected chi connectivity index (χ0v) is 11.5. The first kappa shape index (κ1) is 14.3. The molecule has 1 aromatic carbocycles. The Labute approximate surface area is 117 Å². The van der Waals surface area contributed by atoms with Gasteiger partial charge in [-0.3, -0.25) is 4.79 Å². The maximum atomic E-state index is 12.4. The number of β-amino-alcohol motifs (C(OH)–C–C–N with tert-alkyl or cyclic N) is 1. The molecular weight excluding hydrogens is 260 g/mol. The molecule has 0 saturated carbocycles. The van der Waals surface area contributed by atoms with Crippen LogP contribution in [0.15, 0.2) is 24.3 Å². The number of aliphatic hydroxyl groups is 1. The van der Waals surface area contributed by atoms with Gasteiger partial charge in [0.1, 0.15) is 6.04 Å². The average Bonchev–Trinajstić information content (AvgIpc) is 2.80. The Bertz CT molecular complexity index is 530. The van der Waals surface area contributed by atoms with E-state index in [0.717, 1.165) is 5.69 Å². The lowest BCUT2D eigenvalue weighted by atomic mass is 10.1. The molecule has 0 radical (unpaired) electrons. The van der Waals surface area contributed by atoms with Gasteiger partial charge in [-0.2, -0.15) is 0 Å². The predicted molar refractivity (Wildman–Crippen MR) is 73.9 cm³/mol. The molecule has 1 heterocycles. The van der Waals surface area contributed by atoms with Gasteiger partial charge in [0.15, 0.2) is 0 Å². The molecule has 6 heteroatoms. The second kappa shape index (κ2) is 5.50. The van der Waals surface area contributed by atoms with Crippen LogP contribution in [0.25, 0.3) is 0 Å². The second-order valence-corrected chi connectivity index (χ2v) is 5.15. The van der Waals surface area contributed by atoms with Crippen molar-refractivity contribution in [3.05, 3.63) is 29.8 Å². The third kappa shape index (κ3) is 2.75. The molecule has 0 bridgehead atoms. The summed E-state index contributed by atoms with van der Waals surface area (Å²) >= 11 is 0. The number of rotatable bonds is 3. The van der Waals surface area contributed by atoms with Crippen LogP contribution >= 0.6 is 0 Å². The number of aliphatic carboxylic acids is 1. The normalized spacial score (nSPS) is 21.9. The van der Waals surface area contributed by atoms with Gasteiger partial charge in [0.2, 0.25) is 0 Å². The Morgan fingerprint density at radius 3 is 2.65 bits per heavy atom. The van der Waals surface area contributed by atoms with Crippen molar-refractivity contribution in [1.82, 2.24) is 4.90 Å². The van der Waals surface area contributed by atoms with Crippen molar-refractivity contribution in [1.29, 1.82) is 0 Å². The smallest absolute Gasteiger partial charge is 0.326 e. The van der Waals surface area contributed by atoms with Crippen molar-refractivity contribution in [2.24, 2.45) is 0 Å². The zero-order valence-electron chi connectivity index (χ0n) is 11.5. The summed E-state index contributed by atoms with van der Waals surface area (Å²) in [5.41, 5.74) is 1.29. The number of anilines is 1. The minimum atomic E-state index is -1.08. The summed E-state index contributed by atoms with van der Waals surface area (Å²) in [6, 6.07) is 6.03. The van der Waals surface area contributed by atoms with Crippen LogP contribution in [0.5, 0.6) is 0 Å². The van der Waals surface area contributed by atoms with E-state index in [9.17, 15) is 14.7 Å². The minimum Gasteiger partial charge on any atom is -0.480 e. The van der Waals surface area contributed by atoms with Crippen molar-refractivity contribution in [3.8, 4) is 0 Å². The number of hydrogen-bond donors (Lipinski definition) is 2. The lowest BCUT2D eigenvalue weighted by Crippen LogP contribution is -2.40. The van der Waals surface area contributed by atoms with E-state index in [1.165, 1.54) is 4.90 Å². The summed E-state index contributed by atoms with van der Waals surface area (Å²) in [6.07, 6.45) is -0.703. The molecule has 0 unspecified atom stereocenters. The molecule has 108 valence electrons. The van der Waals surface area contributed by atoms with Gasteiger partial charge in [-0.25, -0.2) is 4.79 Å². The van der Waals surface area contributed by atoms with E-state index >= 15 is 0 Å². The topological polar surface area (TPSA) is 81.1 Å². The third-order valence-electron chi connectivity index (χ3n) is 3.43. The number of carbonyl (C=O) groups excluding carboxylic acids is 1. The summed E-state index contributed by atoms with van der Waals surface area (Å²) in [6.45, 7) is 0.0575. The molecule has 1 aliphatic rings. The van der Waals surface area contributed by atoms with Gasteiger partial charge in [0.05, 0.1) is 6.10 Å². The summed E-state index contributed by atoms with van der Waals surface area (Å²) in [4.78, 5) is 26.7. The van der Waals surface area contributed by atoms with Crippen molar-refractivity contribution in [3.63, 3.8) is 0 Å². The van der Waals surface area contributed by atoms with Crippen LogP contribution in [0.2, 0.25) is 0 Å². The van der Waals surface area contributed by atoms with Crippen LogP contribution in [0.1, 0.15) is 16.8 Å². The van der Waals surface area contributed by atoms with Crippen molar-refractivity contribution in [2.75, 3.05) is 25.5 Å². The number of aliphatic hydroxyl groups excluding tert-OH is 1. The number of hydrogen-bond acceptors (Lipinski definition) is 4. The van der Waals surface area contributed by atoms with Crippen molar-refractivity contribution < 1.29 is 19.8 Å². The lowest BCUT2D eigenvalue weighted by molar-refractivity contribution is -0.141. The van der Waals surface area contributed by atoms with Gasteiger partial charge in [0.25, 0.3) is 5.91 Å². The molecule has 6 nitrogen and oxygen atoms in total. The molecule has 0 spiro atoms. The van der Waals surface area contributed by atoms with Gasteiger partial charge in [-0.15, -0.1) is 0 Å². The van der Waals surface area contributed by atoms with Crippen LogP contribution in [0, 0.1) is 0 Å². The SMILES string of the molecule is CN(C)c1cccc(C(=O)N2C[C@H](O)C[C@@H]2C(=O)O)c1.